The highest BCUT2D eigenvalue weighted by Gasteiger charge is 2.10. The Morgan fingerprint density at radius 3 is 2.48 bits per heavy atom. The number of nitrogens with zero attached hydrogens (tertiary/aromatic N) is 1. The average Bonchev–Trinajstić information content (AvgIpc) is 2.43. The summed E-state index contributed by atoms with van der Waals surface area (Å²) in [4.78, 5) is 12.8. The predicted octanol–water partition coefficient (Wildman–Crippen LogP) is 3.81. The van der Waals surface area contributed by atoms with Crippen LogP contribution in [0.5, 0.6) is 0 Å². The zero-order valence-electron chi connectivity index (χ0n) is 11.5. The number of carboxylic acid groups (broad SMARTS) is 1. The molecule has 0 amide bonds. The zero-order valence-corrected chi connectivity index (χ0v) is 12.3. The van der Waals surface area contributed by atoms with Crippen LogP contribution in [0.1, 0.15) is 21.5 Å². The Balaban J connectivity index is 2.08. The number of hydrogen-bond acceptors (Lipinski definition) is 2. The molecule has 0 atom stereocenters. The van der Waals surface area contributed by atoms with E-state index in [0.29, 0.717) is 23.7 Å². The standard InChI is InChI=1S/C16H15ClFNO2/c1-19(9-11-2-5-14(17)6-3-11)10-13-8-12(16(20)21)4-7-15(13)18/h2-8H,9-10H2,1H3,(H,20,21). The van der Waals surface area contributed by atoms with Crippen molar-refractivity contribution in [3.05, 3.63) is 70.0 Å². The number of carboxylic acids is 1. The van der Waals surface area contributed by atoms with Crippen LogP contribution in [0.4, 0.5) is 4.39 Å². The Hall–Kier alpha value is -1.91. The second-order valence-corrected chi connectivity index (χ2v) is 5.35. The lowest BCUT2D eigenvalue weighted by Crippen LogP contribution is -2.18. The minimum atomic E-state index is -1.06. The molecule has 110 valence electrons. The molecule has 0 radical (unpaired) electrons. The average molecular weight is 308 g/mol. The van der Waals surface area contributed by atoms with Crippen LogP contribution < -0.4 is 0 Å². The first kappa shape index (κ1) is 15.5. The van der Waals surface area contributed by atoms with Gasteiger partial charge in [0.05, 0.1) is 5.56 Å². The van der Waals surface area contributed by atoms with Crippen LogP contribution in [0.15, 0.2) is 42.5 Å². The fourth-order valence-electron chi connectivity index (χ4n) is 2.08. The zero-order chi connectivity index (χ0) is 15.4. The molecule has 0 heterocycles. The van der Waals surface area contributed by atoms with Crippen LogP contribution in [-0.2, 0) is 13.1 Å². The van der Waals surface area contributed by atoms with Gasteiger partial charge in [-0.05, 0) is 42.9 Å². The van der Waals surface area contributed by atoms with Gasteiger partial charge in [-0.2, -0.15) is 0 Å². The maximum Gasteiger partial charge on any atom is 0.335 e. The second kappa shape index (κ2) is 6.70. The summed E-state index contributed by atoms with van der Waals surface area (Å²) >= 11 is 5.83. The maximum absolute atomic E-state index is 13.7. The summed E-state index contributed by atoms with van der Waals surface area (Å²) < 4.78 is 13.7. The monoisotopic (exact) mass is 307 g/mol. The summed E-state index contributed by atoms with van der Waals surface area (Å²) in [7, 11) is 1.85. The van der Waals surface area contributed by atoms with Gasteiger partial charge >= 0.3 is 5.97 Å². The first-order valence-corrected chi connectivity index (χ1v) is 6.78. The molecule has 0 saturated heterocycles. The Kier molecular flexibility index (Phi) is 4.94. The van der Waals surface area contributed by atoms with Crippen molar-refractivity contribution in [1.82, 2.24) is 4.90 Å². The number of rotatable bonds is 5. The largest absolute Gasteiger partial charge is 0.478 e. The molecule has 0 unspecified atom stereocenters. The van der Waals surface area contributed by atoms with Crippen LogP contribution in [0.3, 0.4) is 0 Å². The maximum atomic E-state index is 13.7. The van der Waals surface area contributed by atoms with Gasteiger partial charge in [-0.15, -0.1) is 0 Å². The van der Waals surface area contributed by atoms with Crippen molar-refractivity contribution >= 4 is 17.6 Å². The molecular formula is C16H15ClFNO2. The third-order valence-electron chi connectivity index (χ3n) is 3.10. The highest BCUT2D eigenvalue weighted by atomic mass is 35.5. The smallest absolute Gasteiger partial charge is 0.335 e. The molecule has 0 aromatic heterocycles. The van der Waals surface area contributed by atoms with Gasteiger partial charge < -0.3 is 5.11 Å². The van der Waals surface area contributed by atoms with E-state index >= 15 is 0 Å². The Bertz CT molecular complexity index is 643. The van der Waals surface area contributed by atoms with E-state index in [-0.39, 0.29) is 5.56 Å². The first-order chi connectivity index (χ1) is 9.95. The van der Waals surface area contributed by atoms with Gasteiger partial charge in [0.2, 0.25) is 0 Å². The van der Waals surface area contributed by atoms with E-state index in [1.165, 1.54) is 18.2 Å². The van der Waals surface area contributed by atoms with E-state index in [2.05, 4.69) is 0 Å². The molecule has 0 spiro atoms. The summed E-state index contributed by atoms with van der Waals surface area (Å²) in [6, 6.07) is 11.2. The number of halogens is 2. The van der Waals surface area contributed by atoms with Gasteiger partial charge in [0, 0.05) is 23.7 Å². The number of aromatic carboxylic acids is 1. The van der Waals surface area contributed by atoms with Crippen LogP contribution in [0.2, 0.25) is 5.02 Å². The van der Waals surface area contributed by atoms with Crippen molar-refractivity contribution in [2.75, 3.05) is 7.05 Å². The number of hydrogen-bond donors (Lipinski definition) is 1. The number of carbonyl (C=O) groups is 1. The van der Waals surface area contributed by atoms with Gasteiger partial charge in [0.15, 0.2) is 0 Å². The topological polar surface area (TPSA) is 40.5 Å². The quantitative estimate of drug-likeness (QED) is 0.913. The van der Waals surface area contributed by atoms with Crippen LogP contribution in [-0.4, -0.2) is 23.0 Å². The molecule has 5 heteroatoms. The third-order valence-corrected chi connectivity index (χ3v) is 3.35. The second-order valence-electron chi connectivity index (χ2n) is 4.91. The van der Waals surface area contributed by atoms with Crippen LogP contribution in [0, 0.1) is 5.82 Å². The minimum Gasteiger partial charge on any atom is -0.478 e. The lowest BCUT2D eigenvalue weighted by Gasteiger charge is -2.17. The molecule has 2 rings (SSSR count). The van der Waals surface area contributed by atoms with Crippen molar-refractivity contribution in [2.45, 2.75) is 13.1 Å². The summed E-state index contributed by atoms with van der Waals surface area (Å²) in [5.74, 6) is -1.46. The Morgan fingerprint density at radius 1 is 1.19 bits per heavy atom. The van der Waals surface area contributed by atoms with E-state index < -0.39 is 11.8 Å². The SMILES string of the molecule is CN(Cc1ccc(Cl)cc1)Cc1cc(C(=O)O)ccc1F. The fraction of sp³-hybridized carbons (Fsp3) is 0.188. The van der Waals surface area contributed by atoms with Gasteiger partial charge in [0.25, 0.3) is 0 Å². The highest BCUT2D eigenvalue weighted by molar-refractivity contribution is 6.30. The Labute approximate surface area is 127 Å². The fourth-order valence-corrected chi connectivity index (χ4v) is 2.20. The van der Waals surface area contributed by atoms with Gasteiger partial charge in [0.1, 0.15) is 5.82 Å². The molecule has 0 fully saturated rings. The normalized spacial score (nSPS) is 10.9. The van der Waals surface area contributed by atoms with Crippen molar-refractivity contribution in [3.63, 3.8) is 0 Å². The van der Waals surface area contributed by atoms with Gasteiger partial charge in [-0.25, -0.2) is 9.18 Å². The third kappa shape index (κ3) is 4.28. The van der Waals surface area contributed by atoms with Crippen molar-refractivity contribution in [3.8, 4) is 0 Å². The molecule has 3 nitrogen and oxygen atoms in total. The molecule has 21 heavy (non-hydrogen) atoms. The predicted molar refractivity (Wildman–Crippen MR) is 80.0 cm³/mol. The summed E-state index contributed by atoms with van der Waals surface area (Å²) in [6.45, 7) is 0.948. The molecule has 0 aliphatic carbocycles. The molecule has 0 saturated carbocycles. The first-order valence-electron chi connectivity index (χ1n) is 6.40. The summed E-state index contributed by atoms with van der Waals surface area (Å²) in [6.07, 6.45) is 0. The molecule has 0 bridgehead atoms. The lowest BCUT2D eigenvalue weighted by atomic mass is 10.1. The van der Waals surface area contributed by atoms with E-state index in [9.17, 15) is 9.18 Å². The summed E-state index contributed by atoms with van der Waals surface area (Å²) in [5.41, 5.74) is 1.51. The molecule has 2 aromatic rings. The molecule has 2 aromatic carbocycles. The Morgan fingerprint density at radius 2 is 1.86 bits per heavy atom. The molecule has 0 aliphatic rings. The molecule has 1 N–H and O–H groups in total. The molecule has 0 aliphatic heterocycles. The molecular weight excluding hydrogens is 293 g/mol. The lowest BCUT2D eigenvalue weighted by molar-refractivity contribution is 0.0696. The van der Waals surface area contributed by atoms with E-state index in [0.717, 1.165) is 5.56 Å². The van der Waals surface area contributed by atoms with Crippen molar-refractivity contribution in [2.24, 2.45) is 0 Å². The van der Waals surface area contributed by atoms with Gasteiger partial charge in [-0.3, -0.25) is 4.90 Å². The van der Waals surface area contributed by atoms with Gasteiger partial charge in [-0.1, -0.05) is 23.7 Å². The highest BCUT2D eigenvalue weighted by Crippen LogP contribution is 2.15. The van der Waals surface area contributed by atoms with E-state index in [1.807, 2.05) is 24.1 Å². The van der Waals surface area contributed by atoms with Crippen molar-refractivity contribution in [1.29, 1.82) is 0 Å². The summed E-state index contributed by atoms with van der Waals surface area (Å²) in [5, 5.41) is 9.62. The van der Waals surface area contributed by atoms with E-state index in [4.69, 9.17) is 16.7 Å². The van der Waals surface area contributed by atoms with Crippen molar-refractivity contribution < 1.29 is 14.3 Å². The minimum absolute atomic E-state index is 0.0892. The van der Waals surface area contributed by atoms with Crippen LogP contribution >= 0.6 is 11.6 Å². The number of benzene rings is 2. The van der Waals surface area contributed by atoms with Crippen LogP contribution in [0.25, 0.3) is 0 Å². The van der Waals surface area contributed by atoms with E-state index in [1.54, 1.807) is 12.1 Å².